The molecular weight excluding hydrogens is 306 g/mol. The van der Waals surface area contributed by atoms with Gasteiger partial charge in [-0.3, -0.25) is 9.20 Å². The third-order valence-corrected chi connectivity index (χ3v) is 4.35. The van der Waals surface area contributed by atoms with Crippen LogP contribution >= 0.6 is 22.9 Å². The molecule has 2 aromatic heterocycles. The maximum atomic E-state index is 12.1. The third kappa shape index (κ3) is 3.09. The highest BCUT2D eigenvalue weighted by Gasteiger charge is 2.14. The van der Waals surface area contributed by atoms with Crippen LogP contribution in [0.5, 0.6) is 0 Å². The Labute approximate surface area is 131 Å². The van der Waals surface area contributed by atoms with E-state index in [1.165, 1.54) is 0 Å². The topological polar surface area (TPSA) is 46.4 Å². The van der Waals surface area contributed by atoms with Crippen molar-refractivity contribution in [3.63, 3.8) is 0 Å². The van der Waals surface area contributed by atoms with E-state index in [-0.39, 0.29) is 18.4 Å². The summed E-state index contributed by atoms with van der Waals surface area (Å²) in [5.41, 5.74) is 1.68. The fraction of sp³-hybridized carbons (Fsp3) is 0.200. The summed E-state index contributed by atoms with van der Waals surface area (Å²) < 4.78 is 1.92. The summed E-state index contributed by atoms with van der Waals surface area (Å²) in [6, 6.07) is 7.39. The number of benzene rings is 1. The van der Waals surface area contributed by atoms with E-state index in [1.807, 2.05) is 53.4 Å². The van der Waals surface area contributed by atoms with Crippen molar-refractivity contribution in [2.24, 2.45) is 0 Å². The molecule has 1 N–H and O–H groups in total. The summed E-state index contributed by atoms with van der Waals surface area (Å²) in [5.74, 6) is -0.0619. The molecule has 0 aliphatic heterocycles. The van der Waals surface area contributed by atoms with Crippen molar-refractivity contribution >= 4 is 33.8 Å². The molecule has 4 nitrogen and oxygen atoms in total. The van der Waals surface area contributed by atoms with Crippen LogP contribution in [0, 0.1) is 0 Å². The molecule has 3 rings (SSSR count). The minimum absolute atomic E-state index is 0.0619. The molecular formula is C15H14ClN3OS. The number of nitrogens with zero attached hydrogens (tertiary/aromatic N) is 2. The van der Waals surface area contributed by atoms with Crippen molar-refractivity contribution in [3.05, 3.63) is 58.3 Å². The predicted octanol–water partition coefficient (Wildman–Crippen LogP) is 3.47. The van der Waals surface area contributed by atoms with Crippen molar-refractivity contribution in [1.29, 1.82) is 0 Å². The average molecular weight is 320 g/mol. The van der Waals surface area contributed by atoms with Gasteiger partial charge in [0.2, 0.25) is 5.91 Å². The summed E-state index contributed by atoms with van der Waals surface area (Å²) in [6.07, 6.45) is 4.08. The van der Waals surface area contributed by atoms with Gasteiger partial charge >= 0.3 is 0 Å². The number of aromatic nitrogens is 2. The number of nitrogens with one attached hydrogen (secondary N) is 1. The Morgan fingerprint density at radius 2 is 2.29 bits per heavy atom. The van der Waals surface area contributed by atoms with Crippen LogP contribution in [-0.4, -0.2) is 15.3 Å². The second kappa shape index (κ2) is 5.87. The first-order valence-corrected chi connectivity index (χ1v) is 7.84. The Morgan fingerprint density at radius 3 is 3.05 bits per heavy atom. The van der Waals surface area contributed by atoms with E-state index in [2.05, 4.69) is 10.3 Å². The van der Waals surface area contributed by atoms with Gasteiger partial charge in [0.15, 0.2) is 4.96 Å². The first kappa shape index (κ1) is 14.1. The molecule has 2 heterocycles. The largest absolute Gasteiger partial charge is 0.349 e. The second-order valence-corrected chi connectivity index (χ2v) is 6.09. The fourth-order valence-corrected chi connectivity index (χ4v) is 3.24. The van der Waals surface area contributed by atoms with Gasteiger partial charge in [-0.15, -0.1) is 11.3 Å². The standard InChI is InChI=1S/C15H14ClN3OS/c1-10(12-4-2-3-5-13(12)16)17-14(20)8-11-9-19-6-7-21-15(19)18-11/h2-7,9-10H,8H2,1H3,(H,17,20). The van der Waals surface area contributed by atoms with Gasteiger partial charge < -0.3 is 5.32 Å². The van der Waals surface area contributed by atoms with Crippen LogP contribution in [-0.2, 0) is 11.2 Å². The number of amides is 1. The molecule has 21 heavy (non-hydrogen) atoms. The van der Waals surface area contributed by atoms with E-state index in [4.69, 9.17) is 11.6 Å². The Balaban J connectivity index is 1.66. The van der Waals surface area contributed by atoms with Crippen molar-refractivity contribution in [3.8, 4) is 0 Å². The molecule has 3 aromatic rings. The number of thiazole rings is 1. The van der Waals surface area contributed by atoms with E-state index in [9.17, 15) is 4.79 Å². The van der Waals surface area contributed by atoms with E-state index in [0.717, 1.165) is 16.2 Å². The molecule has 0 fully saturated rings. The number of fused-ring (bicyclic) bond motifs is 1. The summed E-state index contributed by atoms with van der Waals surface area (Å²) >= 11 is 7.69. The Bertz CT molecular complexity index is 751. The molecule has 0 radical (unpaired) electrons. The molecule has 1 amide bonds. The lowest BCUT2D eigenvalue weighted by Crippen LogP contribution is -2.28. The smallest absolute Gasteiger partial charge is 0.226 e. The fourth-order valence-electron chi connectivity index (χ4n) is 2.22. The summed E-state index contributed by atoms with van der Waals surface area (Å²) in [4.78, 5) is 17.4. The first-order valence-electron chi connectivity index (χ1n) is 6.58. The molecule has 0 saturated heterocycles. The molecule has 1 aromatic carbocycles. The van der Waals surface area contributed by atoms with Crippen LogP contribution in [0.2, 0.25) is 5.02 Å². The molecule has 0 spiro atoms. The van der Waals surface area contributed by atoms with Gasteiger partial charge in [0.05, 0.1) is 18.2 Å². The zero-order valence-electron chi connectivity index (χ0n) is 11.4. The number of halogens is 1. The average Bonchev–Trinajstić information content (AvgIpc) is 2.99. The maximum absolute atomic E-state index is 12.1. The molecule has 0 aliphatic rings. The van der Waals surface area contributed by atoms with E-state index in [1.54, 1.807) is 11.3 Å². The van der Waals surface area contributed by atoms with Crippen LogP contribution in [0.1, 0.15) is 24.2 Å². The summed E-state index contributed by atoms with van der Waals surface area (Å²) in [5, 5.41) is 5.58. The highest BCUT2D eigenvalue weighted by atomic mass is 35.5. The quantitative estimate of drug-likeness (QED) is 0.800. The number of hydrogen-bond donors (Lipinski definition) is 1. The number of hydrogen-bond acceptors (Lipinski definition) is 3. The van der Waals surface area contributed by atoms with E-state index < -0.39 is 0 Å². The molecule has 108 valence electrons. The minimum atomic E-state index is -0.130. The summed E-state index contributed by atoms with van der Waals surface area (Å²) in [7, 11) is 0. The molecule has 0 bridgehead atoms. The van der Waals surface area contributed by atoms with Crippen LogP contribution in [0.3, 0.4) is 0 Å². The van der Waals surface area contributed by atoms with Crippen molar-refractivity contribution < 1.29 is 4.79 Å². The number of carbonyl (C=O) groups is 1. The predicted molar refractivity (Wildman–Crippen MR) is 84.8 cm³/mol. The number of carbonyl (C=O) groups excluding carboxylic acids is 1. The first-order chi connectivity index (χ1) is 10.1. The molecule has 1 unspecified atom stereocenters. The lowest BCUT2D eigenvalue weighted by molar-refractivity contribution is -0.121. The van der Waals surface area contributed by atoms with Crippen LogP contribution < -0.4 is 5.32 Å². The molecule has 1 atom stereocenters. The lowest BCUT2D eigenvalue weighted by atomic mass is 10.1. The van der Waals surface area contributed by atoms with E-state index >= 15 is 0 Å². The van der Waals surface area contributed by atoms with Crippen molar-refractivity contribution in [2.75, 3.05) is 0 Å². The Morgan fingerprint density at radius 1 is 1.48 bits per heavy atom. The zero-order chi connectivity index (χ0) is 14.8. The minimum Gasteiger partial charge on any atom is -0.349 e. The molecule has 0 aliphatic carbocycles. The van der Waals surface area contributed by atoms with Crippen LogP contribution in [0.15, 0.2) is 42.0 Å². The van der Waals surface area contributed by atoms with Gasteiger partial charge in [-0.1, -0.05) is 29.8 Å². The van der Waals surface area contributed by atoms with Crippen LogP contribution in [0.4, 0.5) is 0 Å². The van der Waals surface area contributed by atoms with Crippen LogP contribution in [0.25, 0.3) is 4.96 Å². The van der Waals surface area contributed by atoms with Gasteiger partial charge in [-0.25, -0.2) is 4.98 Å². The second-order valence-electron chi connectivity index (χ2n) is 4.81. The zero-order valence-corrected chi connectivity index (χ0v) is 13.0. The Kier molecular flexibility index (Phi) is 3.94. The normalized spacial score (nSPS) is 12.5. The van der Waals surface area contributed by atoms with Gasteiger partial charge in [0.1, 0.15) is 0 Å². The van der Waals surface area contributed by atoms with Gasteiger partial charge in [0.25, 0.3) is 0 Å². The SMILES string of the molecule is CC(NC(=O)Cc1cn2ccsc2n1)c1ccccc1Cl. The van der Waals surface area contributed by atoms with Crippen molar-refractivity contribution in [1.82, 2.24) is 14.7 Å². The monoisotopic (exact) mass is 319 g/mol. The van der Waals surface area contributed by atoms with Gasteiger partial charge in [0, 0.05) is 22.8 Å². The van der Waals surface area contributed by atoms with E-state index in [0.29, 0.717) is 5.02 Å². The number of rotatable bonds is 4. The van der Waals surface area contributed by atoms with Crippen molar-refractivity contribution in [2.45, 2.75) is 19.4 Å². The molecule has 0 saturated carbocycles. The highest BCUT2D eigenvalue weighted by Crippen LogP contribution is 2.22. The third-order valence-electron chi connectivity index (χ3n) is 3.23. The number of imidazole rings is 1. The van der Waals surface area contributed by atoms with Gasteiger partial charge in [-0.05, 0) is 18.6 Å². The highest BCUT2D eigenvalue weighted by molar-refractivity contribution is 7.15. The Hall–Kier alpha value is -1.85. The lowest BCUT2D eigenvalue weighted by Gasteiger charge is -2.15. The summed E-state index contributed by atoms with van der Waals surface area (Å²) in [6.45, 7) is 1.92. The van der Waals surface area contributed by atoms with Gasteiger partial charge in [-0.2, -0.15) is 0 Å². The maximum Gasteiger partial charge on any atom is 0.226 e. The molecule has 6 heteroatoms.